The molecule has 0 spiro atoms. The van der Waals surface area contributed by atoms with Crippen molar-refractivity contribution >= 4 is 93.5 Å². The predicted molar refractivity (Wildman–Crippen MR) is 258 cm³/mol. The lowest BCUT2D eigenvalue weighted by Crippen LogP contribution is -2.10. The van der Waals surface area contributed by atoms with Gasteiger partial charge in [0.25, 0.3) is 0 Å². The Morgan fingerprint density at radius 2 is 0.871 bits per heavy atom. The summed E-state index contributed by atoms with van der Waals surface area (Å²) in [6.07, 6.45) is 0. The molecular formula is C58H36N2O2. The number of rotatable bonds is 6. The van der Waals surface area contributed by atoms with E-state index in [-0.39, 0.29) is 0 Å². The van der Waals surface area contributed by atoms with E-state index in [0.29, 0.717) is 0 Å². The Morgan fingerprint density at radius 1 is 0.339 bits per heavy atom. The molecular weight excluding hydrogens is 757 g/mol. The lowest BCUT2D eigenvalue weighted by Gasteiger charge is -2.26. The number of aromatic nitrogens is 1. The zero-order valence-corrected chi connectivity index (χ0v) is 33.5. The minimum atomic E-state index is 0.889. The largest absolute Gasteiger partial charge is 0.456 e. The molecule has 3 aromatic heterocycles. The summed E-state index contributed by atoms with van der Waals surface area (Å²) >= 11 is 0. The van der Waals surface area contributed by atoms with E-state index in [9.17, 15) is 0 Å². The average Bonchev–Trinajstić information content (AvgIpc) is 4.02. The number of benzene rings is 10. The molecule has 3 heterocycles. The lowest BCUT2D eigenvalue weighted by atomic mass is 9.97. The zero-order chi connectivity index (χ0) is 40.7. The maximum atomic E-state index is 6.57. The normalized spacial score (nSPS) is 11.9. The Morgan fingerprint density at radius 3 is 1.55 bits per heavy atom. The van der Waals surface area contributed by atoms with Gasteiger partial charge in [-0.2, -0.15) is 0 Å². The molecule has 0 radical (unpaired) electrons. The molecule has 0 amide bonds. The number of para-hydroxylation sites is 3. The monoisotopic (exact) mass is 792 g/mol. The molecule has 4 nitrogen and oxygen atoms in total. The van der Waals surface area contributed by atoms with Crippen molar-refractivity contribution in [3.05, 3.63) is 218 Å². The van der Waals surface area contributed by atoms with Gasteiger partial charge in [0, 0.05) is 60.5 Å². The molecule has 0 aliphatic carbocycles. The standard InChI is InChI=1S/C58H36N2O2/c1-2-15-46-37(12-1)30-35-50-57-45(20-11-25-55(57)62-58(46)50)39-28-33-41(34-29-39)59(40-31-26-38(27-32-40)44-19-10-24-54-56(44)49-18-5-8-23-53(49)61-54)42-13-9-14-43(36-42)60-51-21-6-3-16-47(51)48-17-4-7-22-52(48)60/h1-36H. The van der Waals surface area contributed by atoms with E-state index in [1.807, 2.05) is 12.1 Å². The van der Waals surface area contributed by atoms with Crippen molar-refractivity contribution in [3.8, 4) is 27.9 Å². The number of hydrogen-bond donors (Lipinski definition) is 0. The number of anilines is 3. The smallest absolute Gasteiger partial charge is 0.143 e. The lowest BCUT2D eigenvalue weighted by molar-refractivity contribution is 0.669. The number of hydrogen-bond acceptors (Lipinski definition) is 3. The van der Waals surface area contributed by atoms with Crippen molar-refractivity contribution in [3.63, 3.8) is 0 Å². The molecule has 13 aromatic rings. The first-order chi connectivity index (χ1) is 30.7. The maximum absolute atomic E-state index is 6.57. The van der Waals surface area contributed by atoms with Crippen LogP contribution in [0.1, 0.15) is 0 Å². The van der Waals surface area contributed by atoms with Crippen LogP contribution in [0, 0.1) is 0 Å². The van der Waals surface area contributed by atoms with Crippen LogP contribution in [0.5, 0.6) is 0 Å². The Kier molecular flexibility index (Phi) is 7.57. The summed E-state index contributed by atoms with van der Waals surface area (Å²) in [7, 11) is 0. The highest BCUT2D eigenvalue weighted by atomic mass is 16.3. The van der Waals surface area contributed by atoms with Crippen molar-refractivity contribution in [2.24, 2.45) is 0 Å². The summed E-state index contributed by atoms with van der Waals surface area (Å²) in [4.78, 5) is 2.36. The van der Waals surface area contributed by atoms with E-state index in [1.165, 1.54) is 27.2 Å². The van der Waals surface area contributed by atoms with Crippen LogP contribution in [0.3, 0.4) is 0 Å². The van der Waals surface area contributed by atoms with Gasteiger partial charge < -0.3 is 18.3 Å². The first-order valence-electron chi connectivity index (χ1n) is 21.1. The van der Waals surface area contributed by atoms with E-state index >= 15 is 0 Å². The Bertz CT molecular complexity index is 3810. The van der Waals surface area contributed by atoms with Crippen LogP contribution >= 0.6 is 0 Å². The second-order valence-electron chi connectivity index (χ2n) is 16.0. The Labute approximate surface area is 356 Å². The minimum absolute atomic E-state index is 0.889. The molecule has 0 atom stereocenters. The van der Waals surface area contributed by atoms with Gasteiger partial charge in [-0.25, -0.2) is 0 Å². The van der Waals surface area contributed by atoms with Gasteiger partial charge in [0.15, 0.2) is 0 Å². The molecule has 0 bridgehead atoms. The van der Waals surface area contributed by atoms with Crippen LogP contribution in [-0.2, 0) is 0 Å². The van der Waals surface area contributed by atoms with Gasteiger partial charge in [-0.1, -0.05) is 140 Å². The summed E-state index contributed by atoms with van der Waals surface area (Å²) in [6, 6.07) is 78.0. The van der Waals surface area contributed by atoms with Crippen LogP contribution in [0.25, 0.3) is 104 Å². The van der Waals surface area contributed by atoms with Gasteiger partial charge in [-0.15, -0.1) is 0 Å². The van der Waals surface area contributed by atoms with Gasteiger partial charge >= 0.3 is 0 Å². The topological polar surface area (TPSA) is 34.5 Å². The molecule has 0 aliphatic heterocycles. The molecule has 0 aliphatic rings. The summed E-state index contributed by atoms with van der Waals surface area (Å²) in [5.74, 6) is 0. The van der Waals surface area contributed by atoms with Crippen LogP contribution in [0.2, 0.25) is 0 Å². The molecule has 0 unspecified atom stereocenters. The first kappa shape index (κ1) is 34.5. The second kappa shape index (κ2) is 13.6. The molecule has 0 saturated carbocycles. The molecule has 0 N–H and O–H groups in total. The number of nitrogens with zero attached hydrogens (tertiary/aromatic N) is 2. The fourth-order valence-corrected chi connectivity index (χ4v) is 9.81. The molecule has 62 heavy (non-hydrogen) atoms. The fourth-order valence-electron chi connectivity index (χ4n) is 9.81. The van der Waals surface area contributed by atoms with Crippen LogP contribution in [0.4, 0.5) is 17.1 Å². The first-order valence-corrected chi connectivity index (χ1v) is 21.1. The van der Waals surface area contributed by atoms with E-state index in [2.05, 4.69) is 216 Å². The maximum Gasteiger partial charge on any atom is 0.143 e. The second-order valence-corrected chi connectivity index (χ2v) is 16.0. The highest BCUT2D eigenvalue weighted by molar-refractivity contribution is 6.19. The van der Waals surface area contributed by atoms with Crippen LogP contribution < -0.4 is 4.90 Å². The molecule has 0 saturated heterocycles. The van der Waals surface area contributed by atoms with Gasteiger partial charge in [-0.05, 0) is 107 Å². The highest BCUT2D eigenvalue weighted by Gasteiger charge is 2.19. The highest BCUT2D eigenvalue weighted by Crippen LogP contribution is 2.43. The quantitative estimate of drug-likeness (QED) is 0.168. The summed E-state index contributed by atoms with van der Waals surface area (Å²) in [6.45, 7) is 0. The van der Waals surface area contributed by atoms with Crippen molar-refractivity contribution in [2.45, 2.75) is 0 Å². The third-order valence-electron chi connectivity index (χ3n) is 12.6. The van der Waals surface area contributed by atoms with Gasteiger partial charge in [0.2, 0.25) is 0 Å². The van der Waals surface area contributed by atoms with E-state index in [0.717, 1.165) is 94.3 Å². The summed E-state index contributed by atoms with van der Waals surface area (Å²) in [5, 5.41) is 9.30. The Balaban J connectivity index is 0.961. The molecule has 13 rings (SSSR count). The average molecular weight is 793 g/mol. The molecule has 10 aromatic carbocycles. The van der Waals surface area contributed by atoms with Crippen molar-refractivity contribution in [1.82, 2.24) is 4.57 Å². The molecule has 0 fully saturated rings. The third-order valence-corrected chi connectivity index (χ3v) is 12.6. The van der Waals surface area contributed by atoms with E-state index in [1.54, 1.807) is 0 Å². The molecule has 290 valence electrons. The number of furan rings is 2. The summed E-state index contributed by atoms with van der Waals surface area (Å²) in [5.41, 5.74) is 14.8. The van der Waals surface area contributed by atoms with E-state index in [4.69, 9.17) is 8.83 Å². The van der Waals surface area contributed by atoms with Gasteiger partial charge in [0.1, 0.15) is 22.3 Å². The van der Waals surface area contributed by atoms with Crippen LogP contribution in [0.15, 0.2) is 227 Å². The fraction of sp³-hybridized carbons (Fsp3) is 0. The molecule has 4 heteroatoms. The third kappa shape index (κ3) is 5.27. The predicted octanol–water partition coefficient (Wildman–Crippen LogP) is 16.5. The van der Waals surface area contributed by atoms with E-state index < -0.39 is 0 Å². The van der Waals surface area contributed by atoms with Crippen molar-refractivity contribution < 1.29 is 8.83 Å². The van der Waals surface area contributed by atoms with Gasteiger partial charge in [-0.3, -0.25) is 0 Å². The summed E-state index contributed by atoms with van der Waals surface area (Å²) < 4.78 is 15.2. The Hall–Kier alpha value is -8.34. The zero-order valence-electron chi connectivity index (χ0n) is 33.5. The minimum Gasteiger partial charge on any atom is -0.456 e. The number of fused-ring (bicyclic) bond motifs is 11. The van der Waals surface area contributed by atoms with Gasteiger partial charge in [0.05, 0.1) is 11.0 Å². The van der Waals surface area contributed by atoms with Crippen LogP contribution in [-0.4, -0.2) is 4.57 Å². The SMILES string of the molecule is c1cc(N(c2ccc(-c3cccc4oc5ccccc5c34)cc2)c2ccc(-c3cccc4oc5c6ccccc6ccc5c34)cc2)cc(-n2c3ccccc3c3ccccc32)c1. The van der Waals surface area contributed by atoms with Crippen molar-refractivity contribution in [1.29, 1.82) is 0 Å². The van der Waals surface area contributed by atoms with Crippen molar-refractivity contribution in [2.75, 3.05) is 4.90 Å².